The maximum Gasteiger partial charge on any atom is 0.184 e. The highest BCUT2D eigenvalue weighted by Crippen LogP contribution is 2.23. The van der Waals surface area contributed by atoms with Gasteiger partial charge in [-0.2, -0.15) is 0 Å². The second kappa shape index (κ2) is 4.49. The van der Waals surface area contributed by atoms with E-state index in [4.69, 9.17) is 20.4 Å². The molecular weight excluding hydrogens is 196 g/mol. The molecule has 1 heterocycles. The molecule has 1 aliphatic rings. The topological polar surface area (TPSA) is 131 Å². The molecule has 7 nitrogen and oxygen atoms in total. The Morgan fingerprint density at radius 2 is 1.64 bits per heavy atom. The molecule has 0 aromatic heterocycles. The second-order valence-electron chi connectivity index (χ2n) is 3.21. The average Bonchev–Trinajstić information content (AvgIpc) is 2.43. The van der Waals surface area contributed by atoms with Crippen LogP contribution in [-0.4, -0.2) is 74.1 Å². The molecule has 1 saturated heterocycles. The van der Waals surface area contributed by atoms with Crippen molar-refractivity contribution in [1.82, 2.24) is 0 Å². The summed E-state index contributed by atoms with van der Waals surface area (Å²) in [7, 11) is 0. The molecule has 6 atom stereocenters. The van der Waals surface area contributed by atoms with Crippen LogP contribution in [0.15, 0.2) is 0 Å². The number of rotatable bonds is 3. The predicted octanol–water partition coefficient (Wildman–Crippen LogP) is -3.86. The number of aliphatic hydroxyl groups excluding tert-OH is 6. The third-order valence-electron chi connectivity index (χ3n) is 2.19. The summed E-state index contributed by atoms with van der Waals surface area (Å²) < 4.78 is 4.61. The van der Waals surface area contributed by atoms with E-state index in [-0.39, 0.29) is 0 Å². The summed E-state index contributed by atoms with van der Waals surface area (Å²) in [4.78, 5) is 0. The van der Waals surface area contributed by atoms with Crippen molar-refractivity contribution in [2.45, 2.75) is 36.8 Å². The van der Waals surface area contributed by atoms with Gasteiger partial charge in [0.15, 0.2) is 6.29 Å². The number of hydrogen-bond donors (Lipinski definition) is 6. The fourth-order valence-corrected chi connectivity index (χ4v) is 1.29. The molecule has 7 heteroatoms. The van der Waals surface area contributed by atoms with Gasteiger partial charge in [0, 0.05) is 0 Å². The summed E-state index contributed by atoms with van der Waals surface area (Å²) in [6, 6.07) is 0. The van der Waals surface area contributed by atoms with Crippen molar-refractivity contribution in [2.24, 2.45) is 0 Å². The number of hydrogen-bond acceptors (Lipinski definition) is 7. The van der Waals surface area contributed by atoms with Crippen LogP contribution in [0.4, 0.5) is 0 Å². The molecule has 0 bridgehead atoms. The van der Waals surface area contributed by atoms with Crippen LogP contribution in [0.5, 0.6) is 0 Å². The quantitative estimate of drug-likeness (QED) is 0.281. The second-order valence-corrected chi connectivity index (χ2v) is 3.21. The van der Waals surface area contributed by atoms with E-state index in [2.05, 4.69) is 4.74 Å². The largest absolute Gasteiger partial charge is 0.394 e. The predicted molar refractivity (Wildman–Crippen MR) is 42.0 cm³/mol. The Bertz CT molecular complexity index is 187. The van der Waals surface area contributed by atoms with Gasteiger partial charge in [0.25, 0.3) is 0 Å². The number of ether oxygens (including phenoxy) is 1. The first-order valence-corrected chi connectivity index (χ1v) is 4.15. The summed E-state index contributed by atoms with van der Waals surface area (Å²) in [5, 5.41) is 54.1. The molecular formula is C7H14O7. The van der Waals surface area contributed by atoms with Crippen LogP contribution in [0.2, 0.25) is 0 Å². The van der Waals surface area contributed by atoms with E-state index in [9.17, 15) is 10.2 Å². The van der Waals surface area contributed by atoms with E-state index in [0.29, 0.717) is 0 Å². The van der Waals surface area contributed by atoms with Gasteiger partial charge in [0.05, 0.1) is 6.61 Å². The lowest BCUT2D eigenvalue weighted by Crippen LogP contribution is -2.46. The van der Waals surface area contributed by atoms with Gasteiger partial charge < -0.3 is 35.4 Å². The van der Waals surface area contributed by atoms with Crippen molar-refractivity contribution in [2.75, 3.05) is 6.61 Å². The lowest BCUT2D eigenvalue weighted by atomic mass is 10.0. The molecule has 0 saturated carbocycles. The molecule has 0 radical (unpaired) electrons. The van der Waals surface area contributed by atoms with Crippen LogP contribution in [0.1, 0.15) is 0 Å². The third kappa shape index (κ3) is 2.04. The molecule has 1 fully saturated rings. The molecule has 1 aliphatic heterocycles. The Morgan fingerprint density at radius 1 is 1.07 bits per heavy atom. The fourth-order valence-electron chi connectivity index (χ4n) is 1.29. The van der Waals surface area contributed by atoms with Crippen molar-refractivity contribution >= 4 is 0 Å². The van der Waals surface area contributed by atoms with Crippen molar-refractivity contribution in [3.63, 3.8) is 0 Å². The summed E-state index contributed by atoms with van der Waals surface area (Å²) in [5.74, 6) is 0. The molecule has 0 aromatic carbocycles. The lowest BCUT2D eigenvalue weighted by Gasteiger charge is -2.23. The van der Waals surface area contributed by atoms with Crippen LogP contribution >= 0.6 is 0 Å². The molecule has 0 aromatic rings. The van der Waals surface area contributed by atoms with Crippen LogP contribution in [0.25, 0.3) is 0 Å². The van der Waals surface area contributed by atoms with Gasteiger partial charge in [0.2, 0.25) is 0 Å². The van der Waals surface area contributed by atoms with E-state index in [1.165, 1.54) is 0 Å². The standard InChI is InChI=1S/C7H14O7/c8-1-2(9)3(10)6-4(11)5(12)7(13)14-6/h2-13H,1H2/t2-,3-,4-,5+,6-,7?/m1/s1. The summed E-state index contributed by atoms with van der Waals surface area (Å²) in [5.41, 5.74) is 0. The first kappa shape index (κ1) is 11.8. The smallest absolute Gasteiger partial charge is 0.184 e. The highest BCUT2D eigenvalue weighted by atomic mass is 16.6. The van der Waals surface area contributed by atoms with Gasteiger partial charge in [0.1, 0.15) is 30.5 Å². The van der Waals surface area contributed by atoms with E-state index >= 15 is 0 Å². The summed E-state index contributed by atoms with van der Waals surface area (Å²) in [6.07, 6.45) is -9.01. The van der Waals surface area contributed by atoms with Crippen molar-refractivity contribution in [1.29, 1.82) is 0 Å². The van der Waals surface area contributed by atoms with Crippen LogP contribution in [-0.2, 0) is 4.74 Å². The zero-order chi connectivity index (χ0) is 10.9. The maximum absolute atomic E-state index is 9.31. The molecule has 0 aliphatic carbocycles. The normalized spacial score (nSPS) is 42.4. The minimum Gasteiger partial charge on any atom is -0.394 e. The Kier molecular flexibility index (Phi) is 3.78. The third-order valence-corrected chi connectivity index (χ3v) is 2.19. The minimum absolute atomic E-state index is 0.708. The van der Waals surface area contributed by atoms with Crippen molar-refractivity contribution in [3.8, 4) is 0 Å². The van der Waals surface area contributed by atoms with E-state index in [0.717, 1.165) is 0 Å². The van der Waals surface area contributed by atoms with Crippen LogP contribution in [0, 0.1) is 0 Å². The SMILES string of the molecule is OC[C@@H](O)[C@@H](O)[C@H]1OC(O)[C@@H](O)[C@H]1O. The molecule has 1 unspecified atom stereocenters. The fraction of sp³-hybridized carbons (Fsp3) is 1.00. The Labute approximate surface area is 79.8 Å². The van der Waals surface area contributed by atoms with Gasteiger partial charge in [-0.3, -0.25) is 0 Å². The first-order valence-electron chi connectivity index (χ1n) is 4.15. The van der Waals surface area contributed by atoms with Gasteiger partial charge in [-0.15, -0.1) is 0 Å². The van der Waals surface area contributed by atoms with Crippen LogP contribution < -0.4 is 0 Å². The molecule has 84 valence electrons. The van der Waals surface area contributed by atoms with Crippen LogP contribution in [0.3, 0.4) is 0 Å². The van der Waals surface area contributed by atoms with E-state index in [1.54, 1.807) is 0 Å². The zero-order valence-corrected chi connectivity index (χ0v) is 7.26. The van der Waals surface area contributed by atoms with Gasteiger partial charge in [-0.25, -0.2) is 0 Å². The average molecular weight is 210 g/mol. The van der Waals surface area contributed by atoms with Crippen molar-refractivity contribution < 1.29 is 35.4 Å². The van der Waals surface area contributed by atoms with Gasteiger partial charge in [-0.1, -0.05) is 0 Å². The molecule has 6 N–H and O–H groups in total. The zero-order valence-electron chi connectivity index (χ0n) is 7.26. The molecule has 1 rings (SSSR count). The maximum atomic E-state index is 9.31. The molecule has 0 spiro atoms. The van der Waals surface area contributed by atoms with Gasteiger partial charge >= 0.3 is 0 Å². The summed E-state index contributed by atoms with van der Waals surface area (Å²) in [6.45, 7) is -0.708. The molecule has 14 heavy (non-hydrogen) atoms. The van der Waals surface area contributed by atoms with E-state index in [1.807, 2.05) is 0 Å². The summed E-state index contributed by atoms with van der Waals surface area (Å²) >= 11 is 0. The highest BCUT2D eigenvalue weighted by Gasteiger charge is 2.46. The van der Waals surface area contributed by atoms with Gasteiger partial charge in [-0.05, 0) is 0 Å². The molecule has 0 amide bonds. The lowest BCUT2D eigenvalue weighted by molar-refractivity contribution is -0.164. The van der Waals surface area contributed by atoms with Crippen molar-refractivity contribution in [3.05, 3.63) is 0 Å². The monoisotopic (exact) mass is 210 g/mol. The Hall–Kier alpha value is -0.280. The highest BCUT2D eigenvalue weighted by molar-refractivity contribution is 4.92. The minimum atomic E-state index is -1.60. The Balaban J connectivity index is 2.61. The van der Waals surface area contributed by atoms with E-state index < -0.39 is 43.4 Å². The Morgan fingerprint density at radius 3 is 2.00 bits per heavy atom. The first-order chi connectivity index (χ1) is 6.49. The number of aliphatic hydroxyl groups is 6.